The second kappa shape index (κ2) is 8.27. The molecule has 112 valence electrons. The number of methoxy groups -OCH3 is 1. The van der Waals surface area contributed by atoms with Crippen LogP contribution in [0.15, 0.2) is 42.7 Å². The Hall–Kier alpha value is -2.07. The van der Waals surface area contributed by atoms with Gasteiger partial charge in [-0.2, -0.15) is 0 Å². The van der Waals surface area contributed by atoms with Crippen LogP contribution in [0.1, 0.15) is 24.5 Å². The van der Waals surface area contributed by atoms with E-state index in [0.717, 1.165) is 42.1 Å². The lowest BCUT2D eigenvalue weighted by Crippen LogP contribution is -2.14. The predicted octanol–water partition coefficient (Wildman–Crippen LogP) is 3.17. The van der Waals surface area contributed by atoms with Crippen molar-refractivity contribution in [2.45, 2.75) is 26.5 Å². The van der Waals surface area contributed by atoms with E-state index in [9.17, 15) is 0 Å². The third-order valence-corrected chi connectivity index (χ3v) is 3.17. The maximum absolute atomic E-state index is 5.88. The molecule has 0 aliphatic heterocycles. The molecule has 4 heteroatoms. The third-order valence-electron chi connectivity index (χ3n) is 3.17. The minimum absolute atomic E-state index is 0.524. The standard InChI is InChI=1S/C17H22N2O2/c1-3-9-18-11-15-8-10-19-12-17(15)21-13-14-4-6-16(20-2)7-5-14/h4-8,10,12,18H,3,9,11,13H2,1-2H3. The first-order valence-electron chi connectivity index (χ1n) is 7.22. The molecule has 0 fully saturated rings. The van der Waals surface area contributed by atoms with Gasteiger partial charge in [-0.3, -0.25) is 4.98 Å². The van der Waals surface area contributed by atoms with Gasteiger partial charge in [-0.25, -0.2) is 0 Å². The van der Waals surface area contributed by atoms with Crippen LogP contribution in [0.25, 0.3) is 0 Å². The predicted molar refractivity (Wildman–Crippen MR) is 83.6 cm³/mol. The molecule has 1 N–H and O–H groups in total. The van der Waals surface area contributed by atoms with Gasteiger partial charge >= 0.3 is 0 Å². The maximum Gasteiger partial charge on any atom is 0.142 e. The highest BCUT2D eigenvalue weighted by Gasteiger charge is 2.04. The SMILES string of the molecule is CCCNCc1ccncc1OCc1ccc(OC)cc1. The molecule has 0 unspecified atom stereocenters. The van der Waals surface area contributed by atoms with Gasteiger partial charge in [0, 0.05) is 18.3 Å². The first-order chi connectivity index (χ1) is 10.3. The van der Waals surface area contributed by atoms with Crippen LogP contribution in [-0.4, -0.2) is 18.6 Å². The van der Waals surface area contributed by atoms with Crippen LogP contribution in [0, 0.1) is 0 Å². The van der Waals surface area contributed by atoms with Crippen LogP contribution in [0.4, 0.5) is 0 Å². The summed E-state index contributed by atoms with van der Waals surface area (Å²) in [5.41, 5.74) is 2.24. The van der Waals surface area contributed by atoms with Crippen molar-refractivity contribution >= 4 is 0 Å². The summed E-state index contributed by atoms with van der Waals surface area (Å²) in [5, 5.41) is 3.38. The Balaban J connectivity index is 1.95. The largest absolute Gasteiger partial charge is 0.497 e. The Morgan fingerprint density at radius 3 is 2.67 bits per heavy atom. The summed E-state index contributed by atoms with van der Waals surface area (Å²) in [6.07, 6.45) is 4.68. The van der Waals surface area contributed by atoms with Gasteiger partial charge in [0.1, 0.15) is 18.1 Å². The van der Waals surface area contributed by atoms with Gasteiger partial charge < -0.3 is 14.8 Å². The molecule has 4 nitrogen and oxygen atoms in total. The highest BCUT2D eigenvalue weighted by atomic mass is 16.5. The number of rotatable bonds is 8. The first kappa shape index (κ1) is 15.3. The minimum atomic E-state index is 0.524. The summed E-state index contributed by atoms with van der Waals surface area (Å²) in [5.74, 6) is 1.68. The Bertz CT molecular complexity index is 541. The van der Waals surface area contributed by atoms with E-state index in [4.69, 9.17) is 9.47 Å². The van der Waals surface area contributed by atoms with Crippen molar-refractivity contribution in [3.8, 4) is 11.5 Å². The minimum Gasteiger partial charge on any atom is -0.497 e. The summed E-state index contributed by atoms with van der Waals surface area (Å²) >= 11 is 0. The summed E-state index contributed by atoms with van der Waals surface area (Å²) in [6.45, 7) is 4.48. The molecule has 0 saturated carbocycles. The Labute approximate surface area is 126 Å². The van der Waals surface area contributed by atoms with Crippen LogP contribution in [0.5, 0.6) is 11.5 Å². The molecule has 0 aliphatic carbocycles. The highest BCUT2D eigenvalue weighted by molar-refractivity contribution is 5.31. The third kappa shape index (κ3) is 4.76. The van der Waals surface area contributed by atoms with Crippen LogP contribution in [-0.2, 0) is 13.2 Å². The first-order valence-corrected chi connectivity index (χ1v) is 7.22. The van der Waals surface area contributed by atoms with Crippen LogP contribution in [0.3, 0.4) is 0 Å². The Kier molecular flexibility index (Phi) is 6.03. The van der Waals surface area contributed by atoms with Gasteiger partial charge in [0.15, 0.2) is 0 Å². The molecule has 0 atom stereocenters. The Morgan fingerprint density at radius 1 is 1.14 bits per heavy atom. The molecule has 0 saturated heterocycles. The number of aromatic nitrogens is 1. The molecule has 0 amide bonds. The van der Waals surface area contributed by atoms with Gasteiger partial charge in [-0.05, 0) is 36.7 Å². The van der Waals surface area contributed by atoms with Gasteiger partial charge in [-0.15, -0.1) is 0 Å². The average Bonchev–Trinajstić information content (AvgIpc) is 2.54. The summed E-state index contributed by atoms with van der Waals surface area (Å²) in [7, 11) is 1.66. The van der Waals surface area contributed by atoms with Crippen molar-refractivity contribution in [1.82, 2.24) is 10.3 Å². The monoisotopic (exact) mass is 286 g/mol. The highest BCUT2D eigenvalue weighted by Crippen LogP contribution is 2.19. The number of nitrogens with one attached hydrogen (secondary N) is 1. The normalized spacial score (nSPS) is 10.4. The van der Waals surface area contributed by atoms with Gasteiger partial charge in [0.05, 0.1) is 13.3 Å². The van der Waals surface area contributed by atoms with Crippen molar-refractivity contribution in [3.63, 3.8) is 0 Å². The molecular formula is C17H22N2O2. The number of ether oxygens (including phenoxy) is 2. The maximum atomic E-state index is 5.88. The molecule has 0 spiro atoms. The van der Waals surface area contributed by atoms with Crippen molar-refractivity contribution in [1.29, 1.82) is 0 Å². The number of hydrogen-bond acceptors (Lipinski definition) is 4. The molecule has 2 rings (SSSR count). The van der Waals surface area contributed by atoms with E-state index in [2.05, 4.69) is 17.2 Å². The van der Waals surface area contributed by atoms with E-state index < -0.39 is 0 Å². The van der Waals surface area contributed by atoms with Crippen molar-refractivity contribution < 1.29 is 9.47 Å². The fourth-order valence-corrected chi connectivity index (χ4v) is 1.97. The van der Waals surface area contributed by atoms with Crippen LogP contribution >= 0.6 is 0 Å². The molecule has 0 bridgehead atoms. The van der Waals surface area contributed by atoms with E-state index in [-0.39, 0.29) is 0 Å². The molecule has 0 radical (unpaired) electrons. The van der Waals surface area contributed by atoms with E-state index in [0.29, 0.717) is 6.61 Å². The van der Waals surface area contributed by atoms with E-state index in [1.54, 1.807) is 19.5 Å². The van der Waals surface area contributed by atoms with E-state index in [1.807, 2.05) is 30.3 Å². The Morgan fingerprint density at radius 2 is 1.95 bits per heavy atom. The molecular weight excluding hydrogens is 264 g/mol. The second-order valence-electron chi connectivity index (χ2n) is 4.80. The zero-order valence-corrected chi connectivity index (χ0v) is 12.6. The zero-order chi connectivity index (χ0) is 14.9. The zero-order valence-electron chi connectivity index (χ0n) is 12.6. The number of benzene rings is 1. The van der Waals surface area contributed by atoms with E-state index >= 15 is 0 Å². The molecule has 1 aromatic heterocycles. The van der Waals surface area contributed by atoms with Crippen molar-refractivity contribution in [2.24, 2.45) is 0 Å². The lowest BCUT2D eigenvalue weighted by atomic mass is 10.2. The molecule has 21 heavy (non-hydrogen) atoms. The summed E-state index contributed by atoms with van der Waals surface area (Å²) in [6, 6.07) is 9.87. The van der Waals surface area contributed by atoms with Crippen LogP contribution < -0.4 is 14.8 Å². The molecule has 1 aromatic carbocycles. The van der Waals surface area contributed by atoms with Crippen molar-refractivity contribution in [2.75, 3.05) is 13.7 Å². The fourth-order valence-electron chi connectivity index (χ4n) is 1.97. The average molecular weight is 286 g/mol. The second-order valence-corrected chi connectivity index (χ2v) is 4.80. The van der Waals surface area contributed by atoms with Crippen molar-refractivity contribution in [3.05, 3.63) is 53.9 Å². The fraction of sp³-hybridized carbons (Fsp3) is 0.353. The summed E-state index contributed by atoms with van der Waals surface area (Å²) < 4.78 is 11.0. The van der Waals surface area contributed by atoms with Crippen LogP contribution in [0.2, 0.25) is 0 Å². The van der Waals surface area contributed by atoms with E-state index in [1.165, 1.54) is 0 Å². The molecule has 0 aliphatic rings. The lowest BCUT2D eigenvalue weighted by molar-refractivity contribution is 0.300. The number of hydrogen-bond donors (Lipinski definition) is 1. The molecule has 2 aromatic rings. The lowest BCUT2D eigenvalue weighted by Gasteiger charge is -2.11. The number of pyridine rings is 1. The quantitative estimate of drug-likeness (QED) is 0.757. The van der Waals surface area contributed by atoms with Gasteiger partial charge in [0.2, 0.25) is 0 Å². The smallest absolute Gasteiger partial charge is 0.142 e. The molecule has 1 heterocycles. The van der Waals surface area contributed by atoms with Gasteiger partial charge in [0.25, 0.3) is 0 Å². The van der Waals surface area contributed by atoms with Gasteiger partial charge in [-0.1, -0.05) is 19.1 Å². The topological polar surface area (TPSA) is 43.4 Å². The number of nitrogens with zero attached hydrogens (tertiary/aromatic N) is 1. The summed E-state index contributed by atoms with van der Waals surface area (Å²) in [4.78, 5) is 4.14.